The first kappa shape index (κ1) is 21.9. The summed E-state index contributed by atoms with van der Waals surface area (Å²) in [5.74, 6) is 0. The molecule has 0 aromatic heterocycles. The second kappa shape index (κ2) is 8.33. The Morgan fingerprint density at radius 3 is 1.72 bits per heavy atom. The molecule has 2 saturated carbocycles. The Hall–Kier alpha value is -0.300. The summed E-state index contributed by atoms with van der Waals surface area (Å²) in [5, 5.41) is 1.65. The molecule has 4 rings (SSSR count). The zero-order valence-electron chi connectivity index (χ0n) is 19.4. The van der Waals surface area contributed by atoms with E-state index >= 15 is 0 Å². The summed E-state index contributed by atoms with van der Waals surface area (Å²) in [5.41, 5.74) is 2.62. The third-order valence-electron chi connectivity index (χ3n) is 8.95. The van der Waals surface area contributed by atoms with Gasteiger partial charge in [0, 0.05) is 0 Å². The Morgan fingerprint density at radius 1 is 0.793 bits per heavy atom. The van der Waals surface area contributed by atoms with Gasteiger partial charge in [0.15, 0.2) is 0 Å². The van der Waals surface area contributed by atoms with Crippen molar-refractivity contribution in [2.45, 2.75) is 114 Å². The van der Waals surface area contributed by atoms with Gasteiger partial charge in [0.25, 0.3) is 0 Å². The predicted molar refractivity (Wildman–Crippen MR) is 132 cm³/mol. The Kier molecular flexibility index (Phi) is 6.29. The summed E-state index contributed by atoms with van der Waals surface area (Å²) in [6.45, 7) is 8.70. The summed E-state index contributed by atoms with van der Waals surface area (Å²) >= 11 is 0. The second-order valence-electron chi connectivity index (χ2n) is 11.1. The van der Waals surface area contributed by atoms with Gasteiger partial charge in [-0.25, -0.2) is 0 Å². The fraction of sp³-hybridized carbons (Fsp3) is 0.750. The van der Waals surface area contributed by atoms with Crippen molar-refractivity contribution in [3.8, 4) is 0 Å². The van der Waals surface area contributed by atoms with Gasteiger partial charge >= 0.3 is 181 Å². The summed E-state index contributed by atoms with van der Waals surface area (Å²) in [6.07, 6.45) is 14.4. The van der Waals surface area contributed by atoms with Gasteiger partial charge in [-0.15, -0.1) is 0 Å². The summed E-state index contributed by atoms with van der Waals surface area (Å²) in [7, 11) is 0.824. The Bertz CT molecular complexity index is 675. The maximum atomic E-state index is 6.56. The molecule has 3 aliphatic rings. The maximum absolute atomic E-state index is 6.56. The first-order chi connectivity index (χ1) is 13.8. The molecular weight excluding hydrogens is 373 g/mol. The second-order valence-corrected chi connectivity index (χ2v) is 15.9. The van der Waals surface area contributed by atoms with Crippen molar-refractivity contribution >= 4 is 32.6 Å². The van der Waals surface area contributed by atoms with Gasteiger partial charge in [-0.05, 0) is 0 Å². The molecular formula is C24H41B2O2P. The molecule has 0 N–H and O–H groups in total. The predicted octanol–water partition coefficient (Wildman–Crippen LogP) is 4.57. The van der Waals surface area contributed by atoms with Crippen LogP contribution in [-0.2, 0) is 9.31 Å². The van der Waals surface area contributed by atoms with E-state index in [4.69, 9.17) is 9.31 Å². The number of rotatable bonds is 4. The van der Waals surface area contributed by atoms with E-state index in [1.165, 1.54) is 69.7 Å². The van der Waals surface area contributed by atoms with Gasteiger partial charge in [0.2, 0.25) is 0 Å². The first-order valence-corrected chi connectivity index (χ1v) is 14.9. The van der Waals surface area contributed by atoms with E-state index in [1.54, 1.807) is 5.30 Å². The summed E-state index contributed by atoms with van der Waals surface area (Å²) in [6, 6.07) is 9.26. The molecule has 0 bridgehead atoms. The molecule has 29 heavy (non-hydrogen) atoms. The van der Waals surface area contributed by atoms with Crippen LogP contribution in [0.3, 0.4) is 0 Å². The van der Waals surface area contributed by atoms with Crippen LogP contribution in [0.1, 0.15) is 91.9 Å². The molecule has 160 valence electrons. The molecule has 0 atom stereocenters. The zero-order valence-corrected chi connectivity index (χ0v) is 20.4. The van der Waals surface area contributed by atoms with Crippen LogP contribution in [0.4, 0.5) is 0 Å². The van der Waals surface area contributed by atoms with Crippen LogP contribution in [0, 0.1) is 0 Å². The molecule has 5 heteroatoms. The molecule has 1 aromatic rings. The van der Waals surface area contributed by atoms with E-state index in [-0.39, 0.29) is 18.3 Å². The molecule has 2 aliphatic carbocycles. The van der Waals surface area contributed by atoms with Crippen LogP contribution in [0.2, 0.25) is 0 Å². The normalized spacial score (nSPS) is 26.6. The third kappa shape index (κ3) is 3.99. The van der Waals surface area contributed by atoms with Crippen molar-refractivity contribution in [1.82, 2.24) is 0 Å². The van der Waals surface area contributed by atoms with Crippen molar-refractivity contribution in [1.29, 1.82) is 0 Å². The third-order valence-corrected chi connectivity index (χ3v) is 15.1. The van der Waals surface area contributed by atoms with Crippen molar-refractivity contribution in [2.75, 3.05) is 0 Å². The van der Waals surface area contributed by atoms with E-state index in [0.717, 1.165) is 11.3 Å². The quantitative estimate of drug-likeness (QED) is 0.531. The Morgan fingerprint density at radius 2 is 1.24 bits per heavy atom. The minimum atomic E-state index is -1.69. The van der Waals surface area contributed by atoms with Crippen LogP contribution < -0.4 is 10.8 Å². The van der Waals surface area contributed by atoms with Crippen LogP contribution >= 0.6 is 7.14 Å². The fourth-order valence-corrected chi connectivity index (χ4v) is 12.4. The molecule has 0 spiro atoms. The summed E-state index contributed by atoms with van der Waals surface area (Å²) in [4.78, 5) is 0. The summed E-state index contributed by atoms with van der Waals surface area (Å²) < 4.78 is 13.1. The van der Waals surface area contributed by atoms with Crippen molar-refractivity contribution in [3.63, 3.8) is 0 Å². The zero-order chi connectivity index (χ0) is 20.7. The van der Waals surface area contributed by atoms with Crippen molar-refractivity contribution < 1.29 is 9.31 Å². The van der Waals surface area contributed by atoms with Gasteiger partial charge < -0.3 is 0 Å². The van der Waals surface area contributed by atoms with E-state index in [2.05, 4.69) is 59.5 Å². The van der Waals surface area contributed by atoms with Gasteiger partial charge in [0.05, 0.1) is 0 Å². The van der Waals surface area contributed by atoms with Crippen LogP contribution in [0.25, 0.3) is 0 Å². The van der Waals surface area contributed by atoms with Crippen LogP contribution in [0.5, 0.6) is 0 Å². The average molecular weight is 414 g/mol. The number of hydrogen-bond donors (Lipinski definition) is 0. The van der Waals surface area contributed by atoms with Gasteiger partial charge in [-0.2, -0.15) is 0 Å². The fourth-order valence-electron chi connectivity index (χ4n) is 6.34. The molecule has 2 nitrogen and oxygen atoms in total. The molecule has 0 radical (unpaired) electrons. The van der Waals surface area contributed by atoms with Crippen LogP contribution in [0.15, 0.2) is 24.3 Å². The van der Waals surface area contributed by atoms with E-state index in [9.17, 15) is 0 Å². The van der Waals surface area contributed by atoms with Gasteiger partial charge in [-0.1, -0.05) is 0 Å². The number of benzene rings is 1. The first-order valence-electron chi connectivity index (χ1n) is 12.2. The standard InChI is InChI=1S/C24H41B2O2P/c1-23(2)24(3,4)28-26(27-23)21-17-11-12-18-22(21)29(25,19-13-7-5-8-14-19)20-15-9-6-10-16-20/h11-12,17-20,29H,5-10,13-16,25H2,1-4H3. The molecule has 1 heterocycles. The molecule has 0 amide bonds. The van der Waals surface area contributed by atoms with Crippen LogP contribution in [-0.4, -0.2) is 37.2 Å². The van der Waals surface area contributed by atoms with E-state index in [1.807, 2.05) is 0 Å². The van der Waals surface area contributed by atoms with Crippen molar-refractivity contribution in [2.24, 2.45) is 0 Å². The topological polar surface area (TPSA) is 18.5 Å². The molecule has 1 aliphatic heterocycles. The molecule has 1 aromatic carbocycles. The van der Waals surface area contributed by atoms with Gasteiger partial charge in [0.1, 0.15) is 0 Å². The number of hydrogen-bond acceptors (Lipinski definition) is 2. The molecule has 0 unspecified atom stereocenters. The minimum absolute atomic E-state index is 0.227. The molecule has 1 saturated heterocycles. The molecule has 3 fully saturated rings. The Balaban J connectivity index is 1.76. The Labute approximate surface area is 180 Å². The van der Waals surface area contributed by atoms with Crippen molar-refractivity contribution in [3.05, 3.63) is 24.3 Å². The average Bonchev–Trinajstić information content (AvgIpc) is 2.96. The van der Waals surface area contributed by atoms with E-state index in [0.29, 0.717) is 0 Å². The SMILES string of the molecule is B[PH](c1ccccc1B1OC(C)(C)C(C)(C)O1)(C1CCCCC1)C1CCCCC1. The monoisotopic (exact) mass is 414 g/mol. The van der Waals surface area contributed by atoms with Gasteiger partial charge in [-0.3, -0.25) is 0 Å². The van der Waals surface area contributed by atoms with E-state index < -0.39 is 7.14 Å².